The van der Waals surface area contributed by atoms with Gasteiger partial charge in [-0.25, -0.2) is 9.97 Å². The van der Waals surface area contributed by atoms with Crippen LogP contribution < -0.4 is 11.1 Å². The summed E-state index contributed by atoms with van der Waals surface area (Å²) in [5, 5.41) is 7.74. The van der Waals surface area contributed by atoms with Crippen LogP contribution in [-0.4, -0.2) is 21.0 Å². The van der Waals surface area contributed by atoms with Gasteiger partial charge in [0.1, 0.15) is 5.76 Å². The van der Waals surface area contributed by atoms with Gasteiger partial charge in [0, 0.05) is 24.2 Å². The topological polar surface area (TPSA) is 107 Å². The second kappa shape index (κ2) is 9.94. The minimum Gasteiger partial charge on any atom is -0.370 e. The number of nitrogens with one attached hydrogen (secondary N) is 1. The predicted molar refractivity (Wildman–Crippen MR) is 125 cm³/mol. The highest BCUT2D eigenvalue weighted by Gasteiger charge is 2.26. The normalized spacial score (nSPS) is 14.4. The highest BCUT2D eigenvalue weighted by atomic mass is 16.5. The van der Waals surface area contributed by atoms with Crippen LogP contribution in [0, 0.1) is 13.8 Å². The van der Waals surface area contributed by atoms with E-state index in [1.807, 2.05) is 44.3 Å². The zero-order valence-electron chi connectivity index (χ0n) is 18.9. The Morgan fingerprint density at radius 2 is 1.91 bits per heavy atom. The lowest BCUT2D eigenvalue weighted by molar-refractivity contribution is -0.118. The third-order valence-corrected chi connectivity index (χ3v) is 6.19. The molecule has 0 radical (unpaired) electrons. The van der Waals surface area contributed by atoms with Gasteiger partial charge in [0.05, 0.1) is 17.0 Å². The van der Waals surface area contributed by atoms with Gasteiger partial charge in [-0.1, -0.05) is 36.6 Å². The Hall–Kier alpha value is -3.22. The molecule has 2 heterocycles. The van der Waals surface area contributed by atoms with Crippen LogP contribution in [0.25, 0.3) is 11.3 Å². The molecule has 0 saturated heterocycles. The number of amides is 1. The van der Waals surface area contributed by atoms with Gasteiger partial charge < -0.3 is 15.6 Å². The van der Waals surface area contributed by atoms with Gasteiger partial charge >= 0.3 is 0 Å². The molecule has 3 aromatic rings. The van der Waals surface area contributed by atoms with Crippen molar-refractivity contribution in [2.24, 2.45) is 5.73 Å². The van der Waals surface area contributed by atoms with Gasteiger partial charge in [0.15, 0.2) is 0 Å². The van der Waals surface area contributed by atoms with E-state index in [0.717, 1.165) is 59.6 Å². The minimum absolute atomic E-state index is 0.259. The molecule has 1 aromatic carbocycles. The second-order valence-electron chi connectivity index (χ2n) is 8.70. The molecule has 0 spiro atoms. The van der Waals surface area contributed by atoms with Gasteiger partial charge in [0.2, 0.25) is 11.9 Å². The molecule has 7 heteroatoms. The first-order chi connectivity index (χ1) is 15.5. The third-order valence-electron chi connectivity index (χ3n) is 6.19. The molecule has 0 unspecified atom stereocenters. The van der Waals surface area contributed by atoms with Crippen molar-refractivity contribution in [3.63, 3.8) is 0 Å². The number of primary amides is 1. The van der Waals surface area contributed by atoms with Crippen LogP contribution >= 0.6 is 0 Å². The maximum absolute atomic E-state index is 10.9. The van der Waals surface area contributed by atoms with Gasteiger partial charge in [0.25, 0.3) is 0 Å². The summed E-state index contributed by atoms with van der Waals surface area (Å²) < 4.78 is 5.62. The molecule has 0 aliphatic heterocycles. The number of hydrogen-bond acceptors (Lipinski definition) is 6. The summed E-state index contributed by atoms with van der Waals surface area (Å²) in [6.07, 6.45) is 9.92. The Kier molecular flexibility index (Phi) is 6.83. The highest BCUT2D eigenvalue weighted by Crippen LogP contribution is 2.39. The third kappa shape index (κ3) is 5.15. The molecule has 32 heavy (non-hydrogen) atoms. The Morgan fingerprint density at radius 3 is 2.62 bits per heavy atom. The van der Waals surface area contributed by atoms with Crippen molar-refractivity contribution in [3.05, 3.63) is 53.0 Å². The number of nitrogens with two attached hydrogens (primary N) is 1. The van der Waals surface area contributed by atoms with Crippen molar-refractivity contribution in [2.75, 3.05) is 5.32 Å². The maximum atomic E-state index is 10.9. The van der Waals surface area contributed by atoms with Crippen molar-refractivity contribution in [2.45, 2.75) is 71.1 Å². The molecule has 3 N–H and O–H groups in total. The zero-order valence-corrected chi connectivity index (χ0v) is 18.9. The number of nitrogens with zero attached hydrogens (tertiary/aromatic N) is 3. The van der Waals surface area contributed by atoms with Crippen LogP contribution in [0.15, 0.2) is 35.0 Å². The molecular weight excluding hydrogens is 402 g/mol. The van der Waals surface area contributed by atoms with Crippen LogP contribution in [-0.2, 0) is 11.2 Å². The molecule has 0 atom stereocenters. The molecule has 2 aromatic heterocycles. The SMILES string of the molecule is Cc1cnc(Nc2ccc(CCCC(N)=O)cc2)nc1-c1c(C2CCCCC2)noc1C. The molecule has 4 rings (SSSR count). The minimum atomic E-state index is -0.259. The number of carbonyl (C=O) groups is 1. The molecule has 1 amide bonds. The first-order valence-electron chi connectivity index (χ1n) is 11.5. The molecule has 1 saturated carbocycles. The fourth-order valence-electron chi connectivity index (χ4n) is 4.44. The molecule has 7 nitrogen and oxygen atoms in total. The quantitative estimate of drug-likeness (QED) is 0.496. The summed E-state index contributed by atoms with van der Waals surface area (Å²) in [6.45, 7) is 3.98. The fraction of sp³-hybridized carbons (Fsp3) is 0.440. The van der Waals surface area contributed by atoms with Gasteiger partial charge in [-0.05, 0) is 62.8 Å². The Bertz CT molecular complexity index is 1070. The molecule has 1 aliphatic carbocycles. The molecule has 1 fully saturated rings. The zero-order chi connectivity index (χ0) is 22.5. The summed E-state index contributed by atoms with van der Waals surface area (Å²) in [7, 11) is 0. The maximum Gasteiger partial charge on any atom is 0.227 e. The van der Waals surface area contributed by atoms with E-state index in [-0.39, 0.29) is 5.91 Å². The number of aryl methyl sites for hydroxylation is 3. The van der Waals surface area contributed by atoms with E-state index in [1.54, 1.807) is 0 Å². The average Bonchev–Trinajstić information content (AvgIpc) is 3.18. The highest BCUT2D eigenvalue weighted by molar-refractivity contribution is 5.73. The van der Waals surface area contributed by atoms with Crippen LogP contribution in [0.2, 0.25) is 0 Å². The average molecular weight is 434 g/mol. The smallest absolute Gasteiger partial charge is 0.227 e. The summed E-state index contributed by atoms with van der Waals surface area (Å²) in [5.74, 6) is 1.52. The van der Waals surface area contributed by atoms with E-state index in [0.29, 0.717) is 18.3 Å². The Balaban J connectivity index is 1.53. The first-order valence-corrected chi connectivity index (χ1v) is 11.5. The van der Waals surface area contributed by atoms with Crippen LogP contribution in [0.4, 0.5) is 11.6 Å². The lowest BCUT2D eigenvalue weighted by Gasteiger charge is -2.20. The summed E-state index contributed by atoms with van der Waals surface area (Å²) in [4.78, 5) is 20.2. The van der Waals surface area contributed by atoms with Crippen molar-refractivity contribution in [3.8, 4) is 11.3 Å². The van der Waals surface area contributed by atoms with E-state index in [2.05, 4.69) is 15.5 Å². The standard InChI is InChI=1S/C25H31N5O2/c1-16-15-27-25(28-20-13-11-18(12-14-20)7-6-10-21(26)31)29-23(16)22-17(2)32-30-24(22)19-8-4-3-5-9-19/h11-15,19H,3-10H2,1-2H3,(H2,26,31)(H,27,28,29). The van der Waals surface area contributed by atoms with Gasteiger partial charge in [-0.15, -0.1) is 0 Å². The van der Waals surface area contributed by atoms with Crippen molar-refractivity contribution < 1.29 is 9.32 Å². The number of rotatable bonds is 8. The molecule has 0 bridgehead atoms. The lowest BCUT2D eigenvalue weighted by Crippen LogP contribution is -2.10. The summed E-state index contributed by atoms with van der Waals surface area (Å²) >= 11 is 0. The molecule has 1 aliphatic rings. The van der Waals surface area contributed by atoms with Crippen LogP contribution in [0.5, 0.6) is 0 Å². The number of anilines is 2. The van der Waals surface area contributed by atoms with Crippen molar-refractivity contribution in [1.29, 1.82) is 0 Å². The number of aromatic nitrogens is 3. The van der Waals surface area contributed by atoms with Crippen molar-refractivity contribution >= 4 is 17.5 Å². The van der Waals surface area contributed by atoms with Crippen LogP contribution in [0.3, 0.4) is 0 Å². The number of benzene rings is 1. The van der Waals surface area contributed by atoms with Gasteiger partial charge in [-0.2, -0.15) is 0 Å². The molecule has 168 valence electrons. The van der Waals surface area contributed by atoms with E-state index in [1.165, 1.54) is 24.8 Å². The van der Waals surface area contributed by atoms with E-state index < -0.39 is 0 Å². The lowest BCUT2D eigenvalue weighted by atomic mass is 9.84. The largest absolute Gasteiger partial charge is 0.370 e. The van der Waals surface area contributed by atoms with Crippen molar-refractivity contribution in [1.82, 2.24) is 15.1 Å². The molecular formula is C25H31N5O2. The van der Waals surface area contributed by atoms with E-state index >= 15 is 0 Å². The summed E-state index contributed by atoms with van der Waals surface area (Å²) in [5.41, 5.74) is 11.2. The first kappa shape index (κ1) is 22.0. The monoisotopic (exact) mass is 433 g/mol. The van der Waals surface area contributed by atoms with Gasteiger partial charge in [-0.3, -0.25) is 4.79 Å². The van der Waals surface area contributed by atoms with E-state index in [9.17, 15) is 4.79 Å². The Morgan fingerprint density at radius 1 is 1.16 bits per heavy atom. The summed E-state index contributed by atoms with van der Waals surface area (Å²) in [6, 6.07) is 8.09. The fourth-order valence-corrected chi connectivity index (χ4v) is 4.44. The number of hydrogen-bond donors (Lipinski definition) is 2. The second-order valence-corrected chi connectivity index (χ2v) is 8.70. The van der Waals surface area contributed by atoms with E-state index in [4.69, 9.17) is 15.2 Å². The number of carbonyl (C=O) groups excluding carboxylic acids is 1. The van der Waals surface area contributed by atoms with Crippen LogP contribution in [0.1, 0.15) is 73.4 Å². The Labute approximate surface area is 188 Å². The predicted octanol–water partition coefficient (Wildman–Crippen LogP) is 5.35.